The van der Waals surface area contributed by atoms with Crippen molar-refractivity contribution < 1.29 is 13.5 Å². The summed E-state index contributed by atoms with van der Waals surface area (Å²) in [5.41, 5.74) is 1.23. The van der Waals surface area contributed by atoms with E-state index in [1.54, 1.807) is 24.4 Å². The van der Waals surface area contributed by atoms with E-state index in [0.717, 1.165) is 5.56 Å². The fraction of sp³-hybridized carbons (Fsp3) is 0.400. The Kier molecular flexibility index (Phi) is 8.56. The van der Waals surface area contributed by atoms with Gasteiger partial charge in [-0.2, -0.15) is 0 Å². The van der Waals surface area contributed by atoms with E-state index in [1.807, 2.05) is 13.8 Å². The number of hydrogen-bond acceptors (Lipinski definition) is 3. The van der Waals surface area contributed by atoms with Crippen LogP contribution in [-0.2, 0) is 11.3 Å². The molecule has 0 bridgehead atoms. The summed E-state index contributed by atoms with van der Waals surface area (Å²) >= 11 is 0. The van der Waals surface area contributed by atoms with Crippen LogP contribution in [0.4, 0.5) is 8.78 Å². The second kappa shape index (κ2) is 10.7. The monoisotopic (exact) mass is 502 g/mol. The molecule has 1 fully saturated rings. The van der Waals surface area contributed by atoms with Crippen molar-refractivity contribution in [3.05, 3.63) is 65.5 Å². The molecular formula is C20H25F2IN4O. The first-order valence-corrected chi connectivity index (χ1v) is 9.10. The highest BCUT2D eigenvalue weighted by Gasteiger charge is 2.28. The van der Waals surface area contributed by atoms with Crippen LogP contribution in [0.3, 0.4) is 0 Å². The lowest BCUT2D eigenvalue weighted by Gasteiger charge is -2.38. The fourth-order valence-corrected chi connectivity index (χ4v) is 3.10. The van der Waals surface area contributed by atoms with E-state index in [-0.39, 0.29) is 54.4 Å². The zero-order valence-corrected chi connectivity index (χ0v) is 18.3. The van der Waals surface area contributed by atoms with Gasteiger partial charge in [-0.05, 0) is 43.7 Å². The summed E-state index contributed by atoms with van der Waals surface area (Å²) in [4.78, 5) is 10.7. The minimum absolute atomic E-state index is 0. The summed E-state index contributed by atoms with van der Waals surface area (Å²) in [7, 11) is 0. The Morgan fingerprint density at radius 1 is 1.25 bits per heavy atom. The molecule has 0 saturated carbocycles. The number of guanidine groups is 1. The van der Waals surface area contributed by atoms with Crippen molar-refractivity contribution in [3.63, 3.8) is 0 Å². The number of nitrogens with one attached hydrogen (secondary N) is 1. The third-order valence-corrected chi connectivity index (χ3v) is 4.35. The van der Waals surface area contributed by atoms with E-state index in [4.69, 9.17) is 4.74 Å². The van der Waals surface area contributed by atoms with E-state index in [2.05, 4.69) is 20.2 Å². The van der Waals surface area contributed by atoms with Crippen LogP contribution in [-0.4, -0.2) is 41.6 Å². The quantitative estimate of drug-likeness (QED) is 0.392. The zero-order valence-electron chi connectivity index (χ0n) is 15.9. The molecule has 1 aromatic carbocycles. The maximum absolute atomic E-state index is 13.8. The maximum Gasteiger partial charge on any atom is 0.194 e. The number of aliphatic imine (C=N–C) groups is 1. The van der Waals surface area contributed by atoms with Crippen molar-refractivity contribution in [1.29, 1.82) is 0 Å². The molecular weight excluding hydrogens is 477 g/mol. The third kappa shape index (κ3) is 5.84. The SMILES string of the molecule is CCNC(=NCc1ncccc1F)N1CC(C)OC(c2ccc(F)cc2)C1.I. The van der Waals surface area contributed by atoms with Gasteiger partial charge in [0.2, 0.25) is 0 Å². The Balaban J connectivity index is 0.00000280. The first kappa shape index (κ1) is 22.5. The average Bonchev–Trinajstić information content (AvgIpc) is 2.66. The number of benzene rings is 1. The predicted octanol–water partition coefficient (Wildman–Crippen LogP) is 3.91. The molecule has 5 nitrogen and oxygen atoms in total. The molecule has 1 aromatic heterocycles. The molecule has 152 valence electrons. The smallest absolute Gasteiger partial charge is 0.194 e. The van der Waals surface area contributed by atoms with Crippen LogP contribution in [0.2, 0.25) is 0 Å². The highest BCUT2D eigenvalue weighted by Crippen LogP contribution is 2.25. The molecule has 3 rings (SSSR count). The topological polar surface area (TPSA) is 49.8 Å². The van der Waals surface area contributed by atoms with E-state index in [9.17, 15) is 8.78 Å². The van der Waals surface area contributed by atoms with Crippen molar-refractivity contribution in [2.75, 3.05) is 19.6 Å². The van der Waals surface area contributed by atoms with Gasteiger partial charge in [0.1, 0.15) is 17.7 Å². The molecule has 8 heteroatoms. The van der Waals surface area contributed by atoms with Crippen LogP contribution >= 0.6 is 24.0 Å². The molecule has 28 heavy (non-hydrogen) atoms. The predicted molar refractivity (Wildman–Crippen MR) is 116 cm³/mol. The van der Waals surface area contributed by atoms with Gasteiger partial charge in [-0.3, -0.25) is 4.98 Å². The number of aromatic nitrogens is 1. The number of hydrogen-bond donors (Lipinski definition) is 1. The summed E-state index contributed by atoms with van der Waals surface area (Å²) in [6.45, 7) is 6.06. The Labute approximate surface area is 181 Å². The minimum Gasteiger partial charge on any atom is -0.367 e. The largest absolute Gasteiger partial charge is 0.367 e. The van der Waals surface area contributed by atoms with Crippen molar-refractivity contribution >= 4 is 29.9 Å². The van der Waals surface area contributed by atoms with Crippen molar-refractivity contribution in [1.82, 2.24) is 15.2 Å². The van der Waals surface area contributed by atoms with Crippen molar-refractivity contribution in [3.8, 4) is 0 Å². The summed E-state index contributed by atoms with van der Waals surface area (Å²) < 4.78 is 33.1. The second-order valence-corrected chi connectivity index (χ2v) is 6.49. The van der Waals surface area contributed by atoms with Crippen LogP contribution in [0.15, 0.2) is 47.6 Å². The van der Waals surface area contributed by atoms with Crippen molar-refractivity contribution in [2.24, 2.45) is 4.99 Å². The molecule has 2 aromatic rings. The molecule has 0 aliphatic carbocycles. The third-order valence-electron chi connectivity index (χ3n) is 4.35. The summed E-state index contributed by atoms with van der Waals surface area (Å²) in [6, 6.07) is 9.29. The highest BCUT2D eigenvalue weighted by atomic mass is 127. The standard InChI is InChI=1S/C20H24F2N4O.HI/c1-3-23-20(25-11-18-17(22)5-4-10-24-18)26-12-14(2)27-19(13-26)15-6-8-16(21)9-7-15;/h4-10,14,19H,3,11-13H2,1-2H3,(H,23,25);1H. The molecule has 1 N–H and O–H groups in total. The minimum atomic E-state index is -0.364. The molecule has 2 unspecified atom stereocenters. The maximum atomic E-state index is 13.8. The molecule has 2 heterocycles. The van der Waals surface area contributed by atoms with Crippen LogP contribution in [0.25, 0.3) is 0 Å². The zero-order chi connectivity index (χ0) is 19.2. The Bertz CT molecular complexity index is 788. The van der Waals surface area contributed by atoms with E-state index < -0.39 is 0 Å². The summed E-state index contributed by atoms with van der Waals surface area (Å²) in [5, 5.41) is 3.25. The van der Waals surface area contributed by atoms with Crippen molar-refractivity contribution in [2.45, 2.75) is 32.6 Å². The first-order chi connectivity index (χ1) is 13.1. The molecule has 1 aliphatic rings. The molecule has 0 radical (unpaired) electrons. The lowest BCUT2D eigenvalue weighted by molar-refractivity contribution is -0.0605. The van der Waals surface area contributed by atoms with Gasteiger partial charge in [0, 0.05) is 19.3 Å². The Hall–Kier alpha value is -1.81. The molecule has 1 saturated heterocycles. The summed E-state index contributed by atoms with van der Waals surface area (Å²) in [5.74, 6) is 0.0493. The highest BCUT2D eigenvalue weighted by molar-refractivity contribution is 14.0. The van der Waals surface area contributed by atoms with Gasteiger partial charge in [0.05, 0.1) is 24.9 Å². The van der Waals surface area contributed by atoms with E-state index in [1.165, 1.54) is 18.2 Å². The van der Waals surface area contributed by atoms with Crippen LogP contribution in [0, 0.1) is 11.6 Å². The number of rotatable bonds is 4. The van der Waals surface area contributed by atoms with Gasteiger partial charge in [-0.15, -0.1) is 24.0 Å². The van der Waals surface area contributed by atoms with Crippen LogP contribution < -0.4 is 5.32 Å². The van der Waals surface area contributed by atoms with Gasteiger partial charge >= 0.3 is 0 Å². The number of morpholine rings is 1. The lowest BCUT2D eigenvalue weighted by Crippen LogP contribution is -2.50. The summed E-state index contributed by atoms with van der Waals surface area (Å²) in [6.07, 6.45) is 1.34. The van der Waals surface area contributed by atoms with Gasteiger partial charge in [-0.1, -0.05) is 12.1 Å². The number of halogens is 3. The van der Waals surface area contributed by atoms with Gasteiger partial charge < -0.3 is 15.0 Å². The van der Waals surface area contributed by atoms with Gasteiger partial charge in [-0.25, -0.2) is 13.8 Å². The number of pyridine rings is 1. The van der Waals surface area contributed by atoms with E-state index in [0.29, 0.717) is 31.3 Å². The van der Waals surface area contributed by atoms with Gasteiger partial charge in [0.25, 0.3) is 0 Å². The van der Waals surface area contributed by atoms with Crippen LogP contribution in [0.1, 0.15) is 31.2 Å². The van der Waals surface area contributed by atoms with Gasteiger partial charge in [0.15, 0.2) is 5.96 Å². The van der Waals surface area contributed by atoms with Crippen LogP contribution in [0.5, 0.6) is 0 Å². The first-order valence-electron chi connectivity index (χ1n) is 9.10. The Morgan fingerprint density at radius 2 is 2.00 bits per heavy atom. The Morgan fingerprint density at radius 3 is 2.68 bits per heavy atom. The lowest BCUT2D eigenvalue weighted by atomic mass is 10.1. The second-order valence-electron chi connectivity index (χ2n) is 6.49. The molecule has 2 atom stereocenters. The fourth-order valence-electron chi connectivity index (χ4n) is 3.10. The number of nitrogens with zero attached hydrogens (tertiary/aromatic N) is 3. The molecule has 0 amide bonds. The number of ether oxygens (including phenoxy) is 1. The average molecular weight is 502 g/mol. The molecule has 0 spiro atoms. The van der Waals surface area contributed by atoms with E-state index >= 15 is 0 Å². The molecule has 1 aliphatic heterocycles. The normalized spacial score (nSPS) is 19.9.